The second-order valence-electron chi connectivity index (χ2n) is 6.19. The topological polar surface area (TPSA) is 33.6 Å². The van der Waals surface area contributed by atoms with Crippen molar-refractivity contribution in [2.45, 2.75) is 51.0 Å². The lowest BCUT2D eigenvalue weighted by Crippen LogP contribution is -2.16. The SMILES string of the molecule is S=c1[nH]nc(CC2CC3CCC2C3)n1C1CC1. The quantitative estimate of drug-likeness (QED) is 0.834. The van der Waals surface area contributed by atoms with Gasteiger partial charge in [-0.1, -0.05) is 6.42 Å². The van der Waals surface area contributed by atoms with E-state index in [-0.39, 0.29) is 0 Å². The normalized spacial score (nSPS) is 35.6. The third-order valence-corrected chi connectivity index (χ3v) is 5.31. The van der Waals surface area contributed by atoms with E-state index in [9.17, 15) is 0 Å². The Kier molecular flexibility index (Phi) is 2.23. The summed E-state index contributed by atoms with van der Waals surface area (Å²) in [6, 6.07) is 0.662. The fraction of sp³-hybridized carbons (Fsp3) is 0.846. The summed E-state index contributed by atoms with van der Waals surface area (Å²) in [4.78, 5) is 0. The average Bonchev–Trinajstić information content (AvgIpc) is 2.78. The van der Waals surface area contributed by atoms with Gasteiger partial charge in [-0.2, -0.15) is 5.10 Å². The highest BCUT2D eigenvalue weighted by atomic mass is 32.1. The molecule has 3 aliphatic carbocycles. The summed E-state index contributed by atoms with van der Waals surface area (Å²) in [7, 11) is 0. The molecular formula is C13H19N3S. The molecule has 4 rings (SSSR count). The Morgan fingerprint density at radius 2 is 2.12 bits per heavy atom. The fourth-order valence-corrected chi connectivity index (χ4v) is 4.35. The third-order valence-electron chi connectivity index (χ3n) is 5.02. The number of hydrogen-bond donors (Lipinski definition) is 1. The Labute approximate surface area is 107 Å². The van der Waals surface area contributed by atoms with Gasteiger partial charge in [0.1, 0.15) is 5.82 Å². The fourth-order valence-electron chi connectivity index (χ4n) is 4.05. The molecule has 0 radical (unpaired) electrons. The molecule has 1 N–H and O–H groups in total. The Balaban J connectivity index is 1.57. The molecule has 0 saturated heterocycles. The van der Waals surface area contributed by atoms with Gasteiger partial charge in [0.15, 0.2) is 4.77 Å². The highest BCUT2D eigenvalue weighted by Gasteiger charge is 2.40. The van der Waals surface area contributed by atoms with Crippen molar-refractivity contribution in [3.8, 4) is 0 Å². The maximum absolute atomic E-state index is 5.34. The summed E-state index contributed by atoms with van der Waals surface area (Å²) in [5, 5.41) is 7.46. The van der Waals surface area contributed by atoms with Crippen molar-refractivity contribution in [2.24, 2.45) is 17.8 Å². The van der Waals surface area contributed by atoms with Gasteiger partial charge in [0.2, 0.25) is 0 Å². The van der Waals surface area contributed by atoms with E-state index < -0.39 is 0 Å². The van der Waals surface area contributed by atoms with E-state index >= 15 is 0 Å². The number of fused-ring (bicyclic) bond motifs is 2. The van der Waals surface area contributed by atoms with Crippen molar-refractivity contribution in [1.82, 2.24) is 14.8 Å². The molecule has 3 fully saturated rings. The smallest absolute Gasteiger partial charge is 0.195 e. The van der Waals surface area contributed by atoms with Crippen LogP contribution in [0.5, 0.6) is 0 Å². The van der Waals surface area contributed by atoms with Crippen molar-refractivity contribution in [3.63, 3.8) is 0 Å². The Hall–Kier alpha value is -0.640. The van der Waals surface area contributed by atoms with Gasteiger partial charge in [-0.3, -0.25) is 5.10 Å². The Morgan fingerprint density at radius 3 is 2.76 bits per heavy atom. The van der Waals surface area contributed by atoms with Gasteiger partial charge in [-0.05, 0) is 62.1 Å². The minimum absolute atomic E-state index is 0.662. The van der Waals surface area contributed by atoms with Crippen LogP contribution >= 0.6 is 12.2 Å². The maximum atomic E-state index is 5.34. The first kappa shape index (κ1) is 10.3. The molecule has 3 nitrogen and oxygen atoms in total. The van der Waals surface area contributed by atoms with E-state index in [2.05, 4.69) is 14.8 Å². The molecule has 3 atom stereocenters. The molecule has 1 heterocycles. The zero-order valence-electron chi connectivity index (χ0n) is 10.1. The van der Waals surface area contributed by atoms with Crippen LogP contribution in [-0.2, 0) is 6.42 Å². The summed E-state index contributed by atoms with van der Waals surface area (Å²) in [6.07, 6.45) is 9.61. The first-order valence-corrected chi connectivity index (χ1v) is 7.38. The lowest BCUT2D eigenvalue weighted by Gasteiger charge is -2.21. The monoisotopic (exact) mass is 249 g/mol. The van der Waals surface area contributed by atoms with E-state index in [1.165, 1.54) is 44.3 Å². The summed E-state index contributed by atoms with van der Waals surface area (Å²) in [5.41, 5.74) is 0. The van der Waals surface area contributed by atoms with Crippen LogP contribution in [0.2, 0.25) is 0 Å². The zero-order chi connectivity index (χ0) is 11.4. The second-order valence-corrected chi connectivity index (χ2v) is 6.57. The highest BCUT2D eigenvalue weighted by molar-refractivity contribution is 7.71. The summed E-state index contributed by atoms with van der Waals surface area (Å²) >= 11 is 5.34. The molecule has 0 aromatic carbocycles. The predicted octanol–water partition coefficient (Wildman–Crippen LogP) is 3.25. The minimum Gasteiger partial charge on any atom is -0.301 e. The molecule has 0 spiro atoms. The number of aromatic nitrogens is 3. The van der Waals surface area contributed by atoms with Gasteiger partial charge in [-0.15, -0.1) is 0 Å². The first-order valence-electron chi connectivity index (χ1n) is 6.97. The van der Waals surface area contributed by atoms with Gasteiger partial charge in [0, 0.05) is 12.5 Å². The predicted molar refractivity (Wildman–Crippen MR) is 68.3 cm³/mol. The van der Waals surface area contributed by atoms with Crippen molar-refractivity contribution >= 4 is 12.2 Å². The molecule has 3 unspecified atom stereocenters. The minimum atomic E-state index is 0.662. The van der Waals surface area contributed by atoms with E-state index in [1.54, 1.807) is 0 Å². The van der Waals surface area contributed by atoms with Gasteiger partial charge in [-0.25, -0.2) is 0 Å². The lowest BCUT2D eigenvalue weighted by atomic mass is 9.86. The van der Waals surface area contributed by atoms with Crippen LogP contribution in [0.4, 0.5) is 0 Å². The van der Waals surface area contributed by atoms with E-state index in [0.717, 1.165) is 28.9 Å². The molecule has 17 heavy (non-hydrogen) atoms. The van der Waals surface area contributed by atoms with Crippen molar-refractivity contribution in [2.75, 3.05) is 0 Å². The van der Waals surface area contributed by atoms with Crippen LogP contribution < -0.4 is 0 Å². The van der Waals surface area contributed by atoms with Crippen molar-refractivity contribution in [1.29, 1.82) is 0 Å². The summed E-state index contributed by atoms with van der Waals surface area (Å²) < 4.78 is 3.13. The number of H-pyrrole nitrogens is 1. The van der Waals surface area contributed by atoms with E-state index in [0.29, 0.717) is 6.04 Å². The van der Waals surface area contributed by atoms with Crippen molar-refractivity contribution in [3.05, 3.63) is 10.6 Å². The van der Waals surface area contributed by atoms with Crippen LogP contribution in [0, 0.1) is 22.5 Å². The van der Waals surface area contributed by atoms with Crippen LogP contribution in [0.15, 0.2) is 0 Å². The maximum Gasteiger partial charge on any atom is 0.195 e. The summed E-state index contributed by atoms with van der Waals surface area (Å²) in [5.74, 6) is 4.13. The number of rotatable bonds is 3. The van der Waals surface area contributed by atoms with E-state index in [1.807, 2.05) is 0 Å². The molecule has 1 aromatic rings. The standard InChI is InChI=1S/C13H19N3S/c17-13-15-14-12(16(13)11-3-4-11)7-10-6-8-1-2-9(10)5-8/h8-11H,1-7H2,(H,15,17). The zero-order valence-corrected chi connectivity index (χ0v) is 10.9. The number of nitrogens with zero attached hydrogens (tertiary/aromatic N) is 2. The van der Waals surface area contributed by atoms with Gasteiger partial charge in [0.25, 0.3) is 0 Å². The Morgan fingerprint density at radius 1 is 1.24 bits per heavy atom. The molecule has 0 amide bonds. The molecule has 4 heteroatoms. The highest BCUT2D eigenvalue weighted by Crippen LogP contribution is 2.49. The number of hydrogen-bond acceptors (Lipinski definition) is 2. The van der Waals surface area contributed by atoms with Gasteiger partial charge in [0.05, 0.1) is 0 Å². The third kappa shape index (κ3) is 1.68. The molecule has 0 aliphatic heterocycles. The van der Waals surface area contributed by atoms with Crippen LogP contribution in [0.1, 0.15) is 50.4 Å². The molecule has 1 aromatic heterocycles. The van der Waals surface area contributed by atoms with Crippen molar-refractivity contribution < 1.29 is 0 Å². The van der Waals surface area contributed by atoms with Gasteiger partial charge >= 0.3 is 0 Å². The molecule has 92 valence electrons. The van der Waals surface area contributed by atoms with E-state index in [4.69, 9.17) is 12.2 Å². The number of nitrogens with one attached hydrogen (secondary N) is 1. The van der Waals surface area contributed by atoms with Crippen LogP contribution in [0.3, 0.4) is 0 Å². The van der Waals surface area contributed by atoms with Crippen LogP contribution in [0.25, 0.3) is 0 Å². The summed E-state index contributed by atoms with van der Waals surface area (Å²) in [6.45, 7) is 0. The molecule has 3 saturated carbocycles. The van der Waals surface area contributed by atoms with Gasteiger partial charge < -0.3 is 4.57 Å². The Bertz CT molecular complexity index is 485. The second kappa shape index (κ2) is 3.67. The average molecular weight is 249 g/mol. The largest absolute Gasteiger partial charge is 0.301 e. The molecular weight excluding hydrogens is 230 g/mol. The lowest BCUT2D eigenvalue weighted by molar-refractivity contribution is 0.323. The molecule has 3 aliphatic rings. The van der Waals surface area contributed by atoms with Crippen LogP contribution in [-0.4, -0.2) is 14.8 Å². The molecule has 2 bridgehead atoms. The number of aromatic amines is 1. The first-order chi connectivity index (χ1) is 8.31.